The highest BCUT2D eigenvalue weighted by molar-refractivity contribution is 7.10. The van der Waals surface area contributed by atoms with E-state index in [0.29, 0.717) is 32.0 Å². The molecule has 2 aliphatic rings. The van der Waals surface area contributed by atoms with E-state index < -0.39 is 5.54 Å². The molecule has 1 saturated heterocycles. The number of nitrogens with one attached hydrogen (secondary N) is 1. The maximum atomic E-state index is 13.5. The number of anilines is 1. The van der Waals surface area contributed by atoms with Crippen LogP contribution in [0.1, 0.15) is 36.9 Å². The normalized spacial score (nSPS) is 19.5. The summed E-state index contributed by atoms with van der Waals surface area (Å²) in [7, 11) is 0. The first-order chi connectivity index (χ1) is 17.4. The average Bonchev–Trinajstić information content (AvgIpc) is 3.56. The van der Waals surface area contributed by atoms with Crippen molar-refractivity contribution in [3.05, 3.63) is 64.1 Å². The number of aromatic nitrogens is 3. The van der Waals surface area contributed by atoms with E-state index in [4.69, 9.17) is 14.7 Å². The molecular formula is C28H31N5O2S. The summed E-state index contributed by atoms with van der Waals surface area (Å²) in [5.41, 5.74) is 3.59. The third-order valence-corrected chi connectivity index (χ3v) is 8.38. The summed E-state index contributed by atoms with van der Waals surface area (Å²) in [6.45, 7) is 9.24. The van der Waals surface area contributed by atoms with Gasteiger partial charge in [0.25, 0.3) is 0 Å². The lowest BCUT2D eigenvalue weighted by molar-refractivity contribution is -0.136. The van der Waals surface area contributed by atoms with Crippen LogP contribution in [0.3, 0.4) is 0 Å². The van der Waals surface area contributed by atoms with Crippen molar-refractivity contribution in [2.45, 2.75) is 45.2 Å². The van der Waals surface area contributed by atoms with Gasteiger partial charge in [0.05, 0.1) is 36.9 Å². The fourth-order valence-corrected chi connectivity index (χ4v) is 6.31. The summed E-state index contributed by atoms with van der Waals surface area (Å²) < 4.78 is 5.74. The highest BCUT2D eigenvalue weighted by atomic mass is 32.1. The average molecular weight is 502 g/mol. The van der Waals surface area contributed by atoms with E-state index in [0.717, 1.165) is 51.4 Å². The number of hydrogen-bond donors (Lipinski definition) is 1. The number of hydrogen-bond acceptors (Lipinski definition) is 6. The number of rotatable bonds is 4. The number of ether oxygens (including phenoxy) is 1. The first-order valence-electron chi connectivity index (χ1n) is 12.6. The van der Waals surface area contributed by atoms with Gasteiger partial charge in [0.2, 0.25) is 5.91 Å². The zero-order valence-electron chi connectivity index (χ0n) is 21.0. The lowest BCUT2D eigenvalue weighted by atomic mass is 9.86. The number of carbonyl (C=O) groups is 1. The van der Waals surface area contributed by atoms with Gasteiger partial charge in [-0.05, 0) is 50.8 Å². The molecule has 1 N–H and O–H groups in total. The first kappa shape index (κ1) is 23.2. The Kier molecular flexibility index (Phi) is 5.80. The Bertz CT molecular complexity index is 1410. The van der Waals surface area contributed by atoms with E-state index in [1.807, 2.05) is 34.7 Å². The van der Waals surface area contributed by atoms with E-state index in [1.165, 1.54) is 0 Å². The second-order valence-electron chi connectivity index (χ2n) is 10.2. The molecule has 36 heavy (non-hydrogen) atoms. The maximum Gasteiger partial charge on any atom is 0.228 e. The lowest BCUT2D eigenvalue weighted by Gasteiger charge is -2.45. The molecule has 0 unspecified atom stereocenters. The predicted molar refractivity (Wildman–Crippen MR) is 143 cm³/mol. The highest BCUT2D eigenvalue weighted by Crippen LogP contribution is 2.40. The lowest BCUT2D eigenvalue weighted by Crippen LogP contribution is -2.52. The van der Waals surface area contributed by atoms with Gasteiger partial charge in [-0.3, -0.25) is 4.79 Å². The van der Waals surface area contributed by atoms with Crippen molar-refractivity contribution < 1.29 is 9.53 Å². The monoisotopic (exact) mass is 501 g/mol. The predicted octanol–water partition coefficient (Wildman–Crippen LogP) is 4.77. The Morgan fingerprint density at radius 3 is 2.89 bits per heavy atom. The smallest absolute Gasteiger partial charge is 0.228 e. The zero-order valence-corrected chi connectivity index (χ0v) is 21.8. The van der Waals surface area contributed by atoms with Crippen LogP contribution in [0.5, 0.6) is 0 Å². The van der Waals surface area contributed by atoms with Crippen LogP contribution in [0.25, 0.3) is 22.3 Å². The summed E-state index contributed by atoms with van der Waals surface area (Å²) in [6.07, 6.45) is 3.11. The fraction of sp³-hybridized carbons (Fsp3) is 0.393. The Labute approximate surface area is 215 Å². The Morgan fingerprint density at radius 1 is 1.19 bits per heavy atom. The van der Waals surface area contributed by atoms with Gasteiger partial charge in [0.1, 0.15) is 5.82 Å². The number of fused-ring (bicyclic) bond motifs is 2. The van der Waals surface area contributed by atoms with Gasteiger partial charge >= 0.3 is 0 Å². The minimum absolute atomic E-state index is 0.141. The molecule has 0 saturated carbocycles. The van der Waals surface area contributed by atoms with Crippen LogP contribution in [0.2, 0.25) is 0 Å². The second-order valence-corrected chi connectivity index (χ2v) is 11.2. The number of carbonyl (C=O) groups excluding carboxylic acids is 1. The molecule has 6 rings (SSSR count). The number of morpholine rings is 1. The summed E-state index contributed by atoms with van der Waals surface area (Å²) in [5, 5.41) is 3.12. The van der Waals surface area contributed by atoms with Crippen molar-refractivity contribution in [3.63, 3.8) is 0 Å². The van der Waals surface area contributed by atoms with E-state index in [1.54, 1.807) is 11.3 Å². The van der Waals surface area contributed by atoms with Gasteiger partial charge in [-0.1, -0.05) is 18.2 Å². The highest BCUT2D eigenvalue weighted by Gasteiger charge is 2.41. The molecule has 8 heteroatoms. The Balaban J connectivity index is 1.49. The molecule has 1 aromatic carbocycles. The zero-order chi connectivity index (χ0) is 24.9. The SMILES string of the molecule is C[C@@H]1COCCN1c1nc(-c2cccc3[nH]ccc23)nc2c1CCN(C(=O)Cc1cccs1)C2(C)C. The van der Waals surface area contributed by atoms with Crippen molar-refractivity contribution in [1.29, 1.82) is 0 Å². The van der Waals surface area contributed by atoms with Crippen LogP contribution in [0.4, 0.5) is 5.82 Å². The molecule has 1 atom stereocenters. The quantitative estimate of drug-likeness (QED) is 0.436. The van der Waals surface area contributed by atoms with Crippen molar-refractivity contribution in [1.82, 2.24) is 19.9 Å². The maximum absolute atomic E-state index is 13.5. The standard InChI is InChI=1S/C28H31N5O2S/c1-18-17-35-14-13-32(18)27-22-10-12-33(24(34)16-19-6-5-15-36-19)28(2,3)25(22)30-26(31-27)21-7-4-8-23-20(21)9-11-29-23/h4-9,11,15,18,29H,10,12-14,16-17H2,1-3H3/t18-/m1/s1. The Morgan fingerprint density at radius 2 is 2.08 bits per heavy atom. The van der Waals surface area contributed by atoms with Gasteiger partial charge in [-0.25, -0.2) is 9.97 Å². The molecule has 1 amide bonds. The third-order valence-electron chi connectivity index (χ3n) is 7.51. The van der Waals surface area contributed by atoms with Crippen LogP contribution < -0.4 is 4.90 Å². The molecule has 0 radical (unpaired) electrons. The number of thiophene rings is 1. The molecule has 2 aliphatic heterocycles. The third kappa shape index (κ3) is 3.89. The minimum atomic E-state index is -0.560. The van der Waals surface area contributed by atoms with E-state index >= 15 is 0 Å². The number of benzene rings is 1. The van der Waals surface area contributed by atoms with Crippen LogP contribution in [0.15, 0.2) is 48.0 Å². The van der Waals surface area contributed by atoms with E-state index in [-0.39, 0.29) is 11.9 Å². The molecule has 0 spiro atoms. The molecule has 4 aromatic rings. The molecule has 1 fully saturated rings. The summed E-state index contributed by atoms with van der Waals surface area (Å²) in [4.78, 5) is 32.7. The molecule has 186 valence electrons. The van der Waals surface area contributed by atoms with Gasteiger partial charge in [-0.2, -0.15) is 0 Å². The topological polar surface area (TPSA) is 74.3 Å². The van der Waals surface area contributed by atoms with Crippen LogP contribution in [0, 0.1) is 0 Å². The van der Waals surface area contributed by atoms with E-state index in [2.05, 4.69) is 48.9 Å². The summed E-state index contributed by atoms with van der Waals surface area (Å²) in [5.74, 6) is 1.83. The van der Waals surface area contributed by atoms with E-state index in [9.17, 15) is 4.79 Å². The van der Waals surface area contributed by atoms with Crippen LogP contribution in [-0.4, -0.2) is 58.1 Å². The first-order valence-corrected chi connectivity index (χ1v) is 13.5. The Hall–Kier alpha value is -3.23. The van der Waals surface area contributed by atoms with Crippen molar-refractivity contribution in [2.24, 2.45) is 0 Å². The molecule has 3 aromatic heterocycles. The minimum Gasteiger partial charge on any atom is -0.377 e. The van der Waals surface area contributed by atoms with Crippen LogP contribution in [-0.2, 0) is 27.9 Å². The second kappa shape index (κ2) is 9.01. The fourth-order valence-electron chi connectivity index (χ4n) is 5.61. The van der Waals surface area contributed by atoms with Gasteiger partial charge < -0.3 is 19.5 Å². The molecule has 0 bridgehead atoms. The van der Waals surface area contributed by atoms with Gasteiger partial charge in [0, 0.05) is 46.2 Å². The molecule has 7 nitrogen and oxygen atoms in total. The summed E-state index contributed by atoms with van der Waals surface area (Å²) >= 11 is 1.63. The van der Waals surface area contributed by atoms with Crippen molar-refractivity contribution in [2.75, 3.05) is 31.2 Å². The molecule has 0 aliphatic carbocycles. The van der Waals surface area contributed by atoms with Gasteiger partial charge in [0.15, 0.2) is 5.82 Å². The van der Waals surface area contributed by atoms with Gasteiger partial charge in [-0.15, -0.1) is 11.3 Å². The van der Waals surface area contributed by atoms with Crippen molar-refractivity contribution in [3.8, 4) is 11.4 Å². The summed E-state index contributed by atoms with van der Waals surface area (Å²) in [6, 6.07) is 12.5. The van der Waals surface area contributed by atoms with Crippen molar-refractivity contribution >= 4 is 34.0 Å². The number of H-pyrrole nitrogens is 1. The number of nitrogens with zero attached hydrogens (tertiary/aromatic N) is 4. The van der Waals surface area contributed by atoms with Crippen LogP contribution >= 0.6 is 11.3 Å². The largest absolute Gasteiger partial charge is 0.377 e. The molecule has 5 heterocycles. The number of aromatic amines is 1. The number of amides is 1. The molecular weight excluding hydrogens is 470 g/mol.